The molecule has 0 saturated heterocycles. The maximum absolute atomic E-state index is 12.1. The summed E-state index contributed by atoms with van der Waals surface area (Å²) in [6, 6.07) is 9.75. The highest BCUT2D eigenvalue weighted by Crippen LogP contribution is 2.18. The van der Waals surface area contributed by atoms with Crippen molar-refractivity contribution in [2.45, 2.75) is 38.1 Å². The molecule has 1 aliphatic carbocycles. The van der Waals surface area contributed by atoms with Crippen LogP contribution in [0.5, 0.6) is 0 Å². The predicted molar refractivity (Wildman–Crippen MR) is 82.7 cm³/mol. The molecule has 0 bridgehead atoms. The lowest BCUT2D eigenvalue weighted by Gasteiger charge is -2.22. The van der Waals surface area contributed by atoms with Gasteiger partial charge in [-0.25, -0.2) is 0 Å². The molecule has 1 aromatic rings. The van der Waals surface area contributed by atoms with E-state index in [9.17, 15) is 4.79 Å². The fourth-order valence-electron chi connectivity index (χ4n) is 2.42. The Balaban J connectivity index is 2.07. The molecule has 0 heterocycles. The Labute approximate surface area is 127 Å². The number of halogens is 1. The van der Waals surface area contributed by atoms with Gasteiger partial charge in [-0.3, -0.25) is 4.79 Å². The van der Waals surface area contributed by atoms with E-state index in [0.717, 1.165) is 35.7 Å². The minimum atomic E-state index is -0.264. The van der Waals surface area contributed by atoms with E-state index < -0.39 is 0 Å². The first-order valence-corrected chi connectivity index (χ1v) is 7.66. The molecule has 0 aromatic heterocycles. The molecule has 0 spiro atoms. The van der Waals surface area contributed by atoms with Gasteiger partial charge in [0, 0.05) is 10.5 Å². The second-order valence-corrected chi connectivity index (χ2v) is 5.95. The minimum Gasteiger partial charge on any atom is -0.349 e. The quantitative estimate of drug-likeness (QED) is 0.676. The standard InChI is InChI=1S/C16H17BrN2O/c17-14-6-4-5-12(10-14)9-13(11-18)16(20)19-15-7-2-1-3-8-15/h4-6,9-10,15H,1-3,7-8H2,(H,19,20). The van der Waals surface area contributed by atoms with Crippen molar-refractivity contribution >= 4 is 27.9 Å². The molecule has 1 aromatic carbocycles. The molecule has 0 aliphatic heterocycles. The van der Waals surface area contributed by atoms with Crippen LogP contribution in [0.15, 0.2) is 34.3 Å². The molecule has 4 heteroatoms. The molecule has 1 aliphatic rings. The van der Waals surface area contributed by atoms with Gasteiger partial charge < -0.3 is 5.32 Å². The summed E-state index contributed by atoms with van der Waals surface area (Å²) in [5.41, 5.74) is 1.00. The second-order valence-electron chi connectivity index (χ2n) is 5.03. The molecule has 20 heavy (non-hydrogen) atoms. The number of amides is 1. The van der Waals surface area contributed by atoms with E-state index in [1.54, 1.807) is 6.08 Å². The number of nitrogens with one attached hydrogen (secondary N) is 1. The van der Waals surface area contributed by atoms with Gasteiger partial charge in [0.1, 0.15) is 11.6 Å². The number of carbonyl (C=O) groups excluding carboxylic acids is 1. The van der Waals surface area contributed by atoms with Crippen LogP contribution < -0.4 is 5.32 Å². The van der Waals surface area contributed by atoms with Crippen LogP contribution in [0.25, 0.3) is 6.08 Å². The van der Waals surface area contributed by atoms with Crippen molar-refractivity contribution < 1.29 is 4.79 Å². The molecule has 104 valence electrons. The number of hydrogen-bond acceptors (Lipinski definition) is 2. The van der Waals surface area contributed by atoms with Crippen molar-refractivity contribution in [3.05, 3.63) is 39.9 Å². The molecule has 1 amide bonds. The zero-order valence-corrected chi connectivity index (χ0v) is 12.8. The Morgan fingerprint density at radius 1 is 1.35 bits per heavy atom. The number of hydrogen-bond donors (Lipinski definition) is 1. The lowest BCUT2D eigenvalue weighted by molar-refractivity contribution is -0.117. The van der Waals surface area contributed by atoms with Crippen LogP contribution in [0, 0.1) is 11.3 Å². The summed E-state index contributed by atoms with van der Waals surface area (Å²) in [5, 5.41) is 12.1. The summed E-state index contributed by atoms with van der Waals surface area (Å²) >= 11 is 3.38. The first kappa shape index (κ1) is 14.8. The third kappa shape index (κ3) is 4.21. The van der Waals surface area contributed by atoms with Crippen LogP contribution >= 0.6 is 15.9 Å². The molecule has 0 atom stereocenters. The number of benzene rings is 1. The van der Waals surface area contributed by atoms with Gasteiger partial charge >= 0.3 is 0 Å². The average molecular weight is 333 g/mol. The first-order chi connectivity index (χ1) is 9.69. The van der Waals surface area contributed by atoms with Crippen LogP contribution in [0.1, 0.15) is 37.7 Å². The lowest BCUT2D eigenvalue weighted by atomic mass is 9.95. The Morgan fingerprint density at radius 2 is 2.10 bits per heavy atom. The van der Waals surface area contributed by atoms with E-state index in [2.05, 4.69) is 21.2 Å². The fourth-order valence-corrected chi connectivity index (χ4v) is 2.84. The Morgan fingerprint density at radius 3 is 2.75 bits per heavy atom. The monoisotopic (exact) mass is 332 g/mol. The van der Waals surface area contributed by atoms with Gasteiger partial charge in [-0.05, 0) is 36.6 Å². The van der Waals surface area contributed by atoms with Crippen molar-refractivity contribution in [2.75, 3.05) is 0 Å². The summed E-state index contributed by atoms with van der Waals surface area (Å²) in [6.07, 6.45) is 7.21. The van der Waals surface area contributed by atoms with E-state index >= 15 is 0 Å². The molecule has 1 saturated carbocycles. The van der Waals surface area contributed by atoms with Gasteiger partial charge in [0.2, 0.25) is 0 Å². The molecule has 0 radical (unpaired) electrons. The number of rotatable bonds is 3. The third-order valence-corrected chi connectivity index (χ3v) is 3.96. The number of nitriles is 1. The summed E-state index contributed by atoms with van der Waals surface area (Å²) in [6.45, 7) is 0. The summed E-state index contributed by atoms with van der Waals surface area (Å²) in [7, 11) is 0. The Hall–Kier alpha value is -1.60. The zero-order chi connectivity index (χ0) is 14.4. The second kappa shape index (κ2) is 7.25. The van der Waals surface area contributed by atoms with E-state index in [4.69, 9.17) is 5.26 Å². The highest BCUT2D eigenvalue weighted by atomic mass is 79.9. The molecule has 1 fully saturated rings. The van der Waals surface area contributed by atoms with E-state index in [1.807, 2.05) is 30.3 Å². The molecule has 3 nitrogen and oxygen atoms in total. The number of nitrogens with zero attached hydrogens (tertiary/aromatic N) is 1. The van der Waals surface area contributed by atoms with Gasteiger partial charge in [-0.1, -0.05) is 47.3 Å². The van der Waals surface area contributed by atoms with Gasteiger partial charge in [-0.15, -0.1) is 0 Å². The zero-order valence-electron chi connectivity index (χ0n) is 11.2. The Kier molecular flexibility index (Phi) is 5.37. The van der Waals surface area contributed by atoms with Gasteiger partial charge in [0.15, 0.2) is 0 Å². The van der Waals surface area contributed by atoms with Crippen molar-refractivity contribution in [2.24, 2.45) is 0 Å². The maximum atomic E-state index is 12.1. The molecule has 1 N–H and O–H groups in total. The summed E-state index contributed by atoms with van der Waals surface area (Å²) < 4.78 is 0.927. The van der Waals surface area contributed by atoms with Gasteiger partial charge in [-0.2, -0.15) is 5.26 Å². The van der Waals surface area contributed by atoms with Crippen LogP contribution in [0.3, 0.4) is 0 Å². The third-order valence-electron chi connectivity index (χ3n) is 3.47. The minimum absolute atomic E-state index is 0.161. The van der Waals surface area contributed by atoms with Crippen molar-refractivity contribution in [3.8, 4) is 6.07 Å². The Bertz CT molecular complexity index is 554. The SMILES string of the molecule is N#CC(=Cc1cccc(Br)c1)C(=O)NC1CCCCC1. The van der Waals surface area contributed by atoms with Crippen LogP contribution in [-0.2, 0) is 4.79 Å². The first-order valence-electron chi connectivity index (χ1n) is 6.87. The predicted octanol–water partition coefficient (Wildman–Crippen LogP) is 3.80. The van der Waals surface area contributed by atoms with Gasteiger partial charge in [0.25, 0.3) is 5.91 Å². The topological polar surface area (TPSA) is 52.9 Å². The fraction of sp³-hybridized carbons (Fsp3) is 0.375. The van der Waals surface area contributed by atoms with Crippen LogP contribution in [0.4, 0.5) is 0 Å². The smallest absolute Gasteiger partial charge is 0.262 e. The molecule has 0 unspecified atom stereocenters. The number of carbonyl (C=O) groups is 1. The van der Waals surface area contributed by atoms with Crippen LogP contribution in [-0.4, -0.2) is 11.9 Å². The average Bonchev–Trinajstić information content (AvgIpc) is 2.46. The lowest BCUT2D eigenvalue weighted by Crippen LogP contribution is -2.36. The highest BCUT2D eigenvalue weighted by Gasteiger charge is 2.17. The van der Waals surface area contributed by atoms with E-state index in [1.165, 1.54) is 6.42 Å². The van der Waals surface area contributed by atoms with Crippen molar-refractivity contribution in [3.63, 3.8) is 0 Å². The van der Waals surface area contributed by atoms with Crippen LogP contribution in [0.2, 0.25) is 0 Å². The highest BCUT2D eigenvalue weighted by molar-refractivity contribution is 9.10. The maximum Gasteiger partial charge on any atom is 0.262 e. The molecular weight excluding hydrogens is 316 g/mol. The molecule has 2 rings (SSSR count). The van der Waals surface area contributed by atoms with Crippen molar-refractivity contribution in [1.29, 1.82) is 5.26 Å². The van der Waals surface area contributed by atoms with Gasteiger partial charge in [0.05, 0.1) is 0 Å². The summed E-state index contributed by atoms with van der Waals surface area (Å²) in [5.74, 6) is -0.264. The normalized spacial score (nSPS) is 16.5. The van der Waals surface area contributed by atoms with E-state index in [0.29, 0.717) is 0 Å². The largest absolute Gasteiger partial charge is 0.349 e. The molecular formula is C16H17BrN2O. The summed E-state index contributed by atoms with van der Waals surface area (Å²) in [4.78, 5) is 12.1. The van der Waals surface area contributed by atoms with Crippen molar-refractivity contribution in [1.82, 2.24) is 5.32 Å². The van der Waals surface area contributed by atoms with E-state index in [-0.39, 0.29) is 17.5 Å².